The van der Waals surface area contributed by atoms with Gasteiger partial charge in [-0.2, -0.15) is 0 Å². The standard InChI is InChI=1S/C8H9BO5/c1-14-8-3-6(9(12)13)5(4-10)2-7(8)11/h2-4,11-13H,1H3. The molecule has 1 aromatic rings. The Kier molecular flexibility index (Phi) is 3.11. The van der Waals surface area contributed by atoms with Crippen molar-refractivity contribution in [1.82, 2.24) is 0 Å². The Morgan fingerprint density at radius 3 is 2.50 bits per heavy atom. The first kappa shape index (κ1) is 10.6. The van der Waals surface area contributed by atoms with Crippen molar-refractivity contribution in [2.24, 2.45) is 0 Å². The van der Waals surface area contributed by atoms with Gasteiger partial charge in [0.05, 0.1) is 7.11 Å². The zero-order valence-corrected chi connectivity index (χ0v) is 7.47. The van der Waals surface area contributed by atoms with Gasteiger partial charge in [0.15, 0.2) is 11.5 Å². The summed E-state index contributed by atoms with van der Waals surface area (Å²) in [7, 11) is -0.451. The van der Waals surface area contributed by atoms with E-state index in [2.05, 4.69) is 0 Å². The highest BCUT2D eigenvalue weighted by molar-refractivity contribution is 6.60. The summed E-state index contributed by atoms with van der Waals surface area (Å²) in [6.07, 6.45) is 0.425. The van der Waals surface area contributed by atoms with Crippen molar-refractivity contribution in [3.05, 3.63) is 17.7 Å². The van der Waals surface area contributed by atoms with E-state index in [1.807, 2.05) is 0 Å². The zero-order chi connectivity index (χ0) is 10.7. The molecule has 14 heavy (non-hydrogen) atoms. The monoisotopic (exact) mass is 196 g/mol. The molecular formula is C8H9BO5. The van der Waals surface area contributed by atoms with E-state index in [4.69, 9.17) is 14.8 Å². The maximum atomic E-state index is 10.5. The van der Waals surface area contributed by atoms with Crippen LogP contribution in [0.5, 0.6) is 11.5 Å². The van der Waals surface area contributed by atoms with Crippen LogP contribution in [0.15, 0.2) is 12.1 Å². The fourth-order valence-corrected chi connectivity index (χ4v) is 1.09. The molecule has 0 unspecified atom stereocenters. The van der Waals surface area contributed by atoms with Crippen molar-refractivity contribution >= 4 is 18.9 Å². The molecule has 0 aliphatic rings. The van der Waals surface area contributed by atoms with E-state index in [1.54, 1.807) is 0 Å². The Morgan fingerprint density at radius 1 is 1.43 bits per heavy atom. The minimum atomic E-state index is -1.77. The van der Waals surface area contributed by atoms with Gasteiger partial charge in [-0.1, -0.05) is 0 Å². The molecule has 0 spiro atoms. The molecule has 0 saturated carbocycles. The van der Waals surface area contributed by atoms with Crippen LogP contribution in [0.1, 0.15) is 10.4 Å². The lowest BCUT2D eigenvalue weighted by Crippen LogP contribution is -2.33. The van der Waals surface area contributed by atoms with Gasteiger partial charge < -0.3 is 19.9 Å². The molecular weight excluding hydrogens is 187 g/mol. The first-order chi connectivity index (χ1) is 6.60. The highest BCUT2D eigenvalue weighted by Crippen LogP contribution is 2.24. The van der Waals surface area contributed by atoms with Crippen LogP contribution in [0.2, 0.25) is 0 Å². The van der Waals surface area contributed by atoms with Crippen LogP contribution in [0.4, 0.5) is 0 Å². The van der Waals surface area contributed by atoms with Crippen LogP contribution in [-0.4, -0.2) is 35.7 Å². The lowest BCUT2D eigenvalue weighted by molar-refractivity contribution is 0.112. The average molecular weight is 196 g/mol. The lowest BCUT2D eigenvalue weighted by atomic mass is 9.77. The summed E-state index contributed by atoms with van der Waals surface area (Å²) in [5.41, 5.74) is 0.00736. The van der Waals surface area contributed by atoms with E-state index < -0.39 is 7.12 Å². The van der Waals surface area contributed by atoms with Crippen LogP contribution >= 0.6 is 0 Å². The number of phenols is 1. The van der Waals surface area contributed by atoms with E-state index in [0.29, 0.717) is 6.29 Å². The molecule has 0 atom stereocenters. The number of methoxy groups -OCH3 is 1. The molecule has 6 heteroatoms. The number of ether oxygens (including phenoxy) is 1. The summed E-state index contributed by atoms with van der Waals surface area (Å²) in [4.78, 5) is 10.5. The number of phenolic OH excluding ortho intramolecular Hbond substituents is 1. The summed E-state index contributed by atoms with van der Waals surface area (Å²) in [6, 6.07) is 2.31. The molecule has 0 radical (unpaired) electrons. The summed E-state index contributed by atoms with van der Waals surface area (Å²) >= 11 is 0. The molecule has 1 rings (SSSR count). The quantitative estimate of drug-likeness (QED) is 0.421. The van der Waals surface area contributed by atoms with Crippen molar-refractivity contribution in [2.45, 2.75) is 0 Å². The van der Waals surface area contributed by atoms with E-state index in [0.717, 1.165) is 6.07 Å². The number of carbonyl (C=O) groups excluding carboxylic acids is 1. The highest BCUT2D eigenvalue weighted by Gasteiger charge is 2.18. The van der Waals surface area contributed by atoms with Crippen LogP contribution in [0.25, 0.3) is 0 Å². The van der Waals surface area contributed by atoms with Gasteiger partial charge in [0.25, 0.3) is 0 Å². The molecule has 3 N–H and O–H groups in total. The van der Waals surface area contributed by atoms with Gasteiger partial charge >= 0.3 is 7.12 Å². The third-order valence-corrected chi connectivity index (χ3v) is 1.79. The Morgan fingerprint density at radius 2 is 2.07 bits per heavy atom. The summed E-state index contributed by atoms with van der Waals surface area (Å²) in [6.45, 7) is 0. The minimum absolute atomic E-state index is 0.00495. The first-order valence-electron chi connectivity index (χ1n) is 3.82. The number of aldehydes is 1. The molecule has 74 valence electrons. The number of hydrogen-bond acceptors (Lipinski definition) is 5. The predicted molar refractivity (Wildman–Crippen MR) is 49.9 cm³/mol. The van der Waals surface area contributed by atoms with Gasteiger partial charge in [-0.3, -0.25) is 4.79 Å². The van der Waals surface area contributed by atoms with Crippen molar-refractivity contribution in [3.8, 4) is 11.5 Å². The van der Waals surface area contributed by atoms with E-state index in [1.165, 1.54) is 13.2 Å². The Labute approximate surface area is 80.7 Å². The maximum Gasteiger partial charge on any atom is 0.489 e. The van der Waals surface area contributed by atoms with Gasteiger partial charge in [-0.05, 0) is 17.6 Å². The first-order valence-corrected chi connectivity index (χ1v) is 3.82. The Hall–Kier alpha value is -1.53. The molecule has 0 bridgehead atoms. The second-order valence-corrected chi connectivity index (χ2v) is 2.64. The van der Waals surface area contributed by atoms with Crippen LogP contribution < -0.4 is 10.2 Å². The number of rotatable bonds is 3. The van der Waals surface area contributed by atoms with Crippen molar-refractivity contribution < 1.29 is 24.7 Å². The fraction of sp³-hybridized carbons (Fsp3) is 0.125. The Bertz CT molecular complexity index is 350. The average Bonchev–Trinajstić information content (AvgIpc) is 2.16. The van der Waals surface area contributed by atoms with Gasteiger partial charge in [0.2, 0.25) is 0 Å². The third-order valence-electron chi connectivity index (χ3n) is 1.79. The SMILES string of the molecule is COc1cc(B(O)O)c(C=O)cc1O. The van der Waals surface area contributed by atoms with Gasteiger partial charge in [0.1, 0.15) is 6.29 Å². The minimum Gasteiger partial charge on any atom is -0.504 e. The molecule has 0 aliphatic carbocycles. The Balaban J connectivity index is 3.32. The van der Waals surface area contributed by atoms with Gasteiger partial charge in [0, 0.05) is 5.56 Å². The lowest BCUT2D eigenvalue weighted by Gasteiger charge is -2.08. The van der Waals surface area contributed by atoms with Crippen LogP contribution in [0.3, 0.4) is 0 Å². The van der Waals surface area contributed by atoms with Gasteiger partial charge in [-0.25, -0.2) is 0 Å². The zero-order valence-electron chi connectivity index (χ0n) is 7.47. The van der Waals surface area contributed by atoms with Crippen molar-refractivity contribution in [2.75, 3.05) is 7.11 Å². The molecule has 1 aromatic carbocycles. The fourth-order valence-electron chi connectivity index (χ4n) is 1.09. The molecule has 0 aromatic heterocycles. The summed E-state index contributed by atoms with van der Waals surface area (Å²) < 4.78 is 4.75. The van der Waals surface area contributed by atoms with Crippen molar-refractivity contribution in [1.29, 1.82) is 0 Å². The number of benzene rings is 1. The number of aromatic hydroxyl groups is 1. The molecule has 0 heterocycles. The summed E-state index contributed by atoms with van der Waals surface area (Å²) in [5.74, 6) is -0.141. The maximum absolute atomic E-state index is 10.5. The molecule has 0 aliphatic heterocycles. The number of carbonyl (C=O) groups is 1. The highest BCUT2D eigenvalue weighted by atomic mass is 16.5. The normalized spacial score (nSPS) is 9.64. The van der Waals surface area contributed by atoms with Crippen molar-refractivity contribution in [3.63, 3.8) is 0 Å². The largest absolute Gasteiger partial charge is 0.504 e. The number of hydrogen-bond donors (Lipinski definition) is 3. The molecule has 0 fully saturated rings. The summed E-state index contributed by atoms with van der Waals surface area (Å²) in [5, 5.41) is 27.1. The second-order valence-electron chi connectivity index (χ2n) is 2.64. The topological polar surface area (TPSA) is 87.0 Å². The molecule has 5 nitrogen and oxygen atoms in total. The van der Waals surface area contributed by atoms with Crippen LogP contribution in [-0.2, 0) is 0 Å². The predicted octanol–water partition coefficient (Wildman–Crippen LogP) is -1.11. The van der Waals surface area contributed by atoms with E-state index in [9.17, 15) is 9.90 Å². The third kappa shape index (κ3) is 1.86. The molecule has 0 saturated heterocycles. The molecule has 0 amide bonds. The smallest absolute Gasteiger partial charge is 0.489 e. The second kappa shape index (κ2) is 4.12. The van der Waals surface area contributed by atoms with E-state index in [-0.39, 0.29) is 22.5 Å². The van der Waals surface area contributed by atoms with Crippen LogP contribution in [0, 0.1) is 0 Å². The van der Waals surface area contributed by atoms with E-state index >= 15 is 0 Å². The van der Waals surface area contributed by atoms with Gasteiger partial charge in [-0.15, -0.1) is 0 Å².